The van der Waals surface area contributed by atoms with Crippen LogP contribution >= 0.6 is 11.6 Å². The lowest BCUT2D eigenvalue weighted by molar-refractivity contribution is 0.152. The van der Waals surface area contributed by atoms with Crippen LogP contribution in [-0.2, 0) is 6.54 Å². The van der Waals surface area contributed by atoms with Crippen molar-refractivity contribution in [1.29, 1.82) is 0 Å². The molecule has 1 atom stereocenters. The Morgan fingerprint density at radius 1 is 1.30 bits per heavy atom. The van der Waals surface area contributed by atoms with Gasteiger partial charge in [0.2, 0.25) is 0 Å². The number of methoxy groups -OCH3 is 1. The zero-order valence-electron chi connectivity index (χ0n) is 13.1. The SMILES string of the molecule is COc1c(O)cccc1CN1CCNCC1c1cccc(Cl)c1. The lowest BCUT2D eigenvalue weighted by Gasteiger charge is -2.37. The molecule has 5 heteroatoms. The molecule has 2 aromatic rings. The Morgan fingerprint density at radius 3 is 2.91 bits per heavy atom. The fourth-order valence-electron chi connectivity index (χ4n) is 3.13. The molecule has 0 saturated carbocycles. The molecular formula is C18H21ClN2O2. The lowest BCUT2D eigenvalue weighted by Crippen LogP contribution is -2.45. The number of hydrogen-bond acceptors (Lipinski definition) is 4. The summed E-state index contributed by atoms with van der Waals surface area (Å²) in [4.78, 5) is 2.39. The van der Waals surface area contributed by atoms with Crippen LogP contribution in [0.5, 0.6) is 11.5 Å². The standard InChI is InChI=1S/C18H21ClN2O2/c1-23-18-14(5-3-7-17(18)22)12-21-9-8-20-11-16(21)13-4-2-6-15(19)10-13/h2-7,10,16,20,22H,8-9,11-12H2,1H3. The third-order valence-corrected chi connectivity index (χ3v) is 4.48. The minimum Gasteiger partial charge on any atom is -0.504 e. The molecule has 0 spiro atoms. The Bertz CT molecular complexity index is 678. The van der Waals surface area contributed by atoms with Crippen molar-refractivity contribution >= 4 is 11.6 Å². The second-order valence-electron chi connectivity index (χ2n) is 5.71. The molecule has 0 amide bonds. The highest BCUT2D eigenvalue weighted by Crippen LogP contribution is 2.33. The molecule has 1 unspecified atom stereocenters. The number of piperazine rings is 1. The van der Waals surface area contributed by atoms with Crippen molar-refractivity contribution in [3.05, 3.63) is 58.6 Å². The van der Waals surface area contributed by atoms with Crippen molar-refractivity contribution < 1.29 is 9.84 Å². The van der Waals surface area contributed by atoms with E-state index in [9.17, 15) is 5.11 Å². The summed E-state index contributed by atoms with van der Waals surface area (Å²) in [6.45, 7) is 3.46. The summed E-state index contributed by atoms with van der Waals surface area (Å²) >= 11 is 6.15. The lowest BCUT2D eigenvalue weighted by atomic mass is 10.0. The molecule has 0 aromatic heterocycles. The largest absolute Gasteiger partial charge is 0.504 e. The maximum atomic E-state index is 9.97. The van der Waals surface area contributed by atoms with Crippen molar-refractivity contribution in [1.82, 2.24) is 10.2 Å². The zero-order chi connectivity index (χ0) is 16.2. The summed E-state index contributed by atoms with van der Waals surface area (Å²) in [7, 11) is 1.59. The van der Waals surface area contributed by atoms with Gasteiger partial charge in [-0.3, -0.25) is 4.90 Å². The Kier molecular flexibility index (Phi) is 5.06. The highest BCUT2D eigenvalue weighted by atomic mass is 35.5. The van der Waals surface area contributed by atoms with Gasteiger partial charge < -0.3 is 15.2 Å². The van der Waals surface area contributed by atoms with Gasteiger partial charge in [-0.05, 0) is 23.8 Å². The summed E-state index contributed by atoms with van der Waals surface area (Å²) in [5.41, 5.74) is 2.19. The fourth-order valence-corrected chi connectivity index (χ4v) is 3.33. The van der Waals surface area contributed by atoms with Gasteiger partial charge in [-0.2, -0.15) is 0 Å². The van der Waals surface area contributed by atoms with Crippen molar-refractivity contribution in [3.63, 3.8) is 0 Å². The fraction of sp³-hybridized carbons (Fsp3) is 0.333. The number of ether oxygens (including phenoxy) is 1. The first-order valence-corrected chi connectivity index (χ1v) is 8.12. The summed E-state index contributed by atoms with van der Waals surface area (Å²) in [6.07, 6.45) is 0. The molecule has 3 rings (SSSR count). The predicted molar refractivity (Wildman–Crippen MR) is 92.1 cm³/mol. The van der Waals surface area contributed by atoms with Crippen LogP contribution in [0.3, 0.4) is 0 Å². The van der Waals surface area contributed by atoms with Gasteiger partial charge in [0, 0.05) is 42.8 Å². The molecule has 0 radical (unpaired) electrons. The summed E-state index contributed by atoms with van der Waals surface area (Å²) < 4.78 is 5.36. The number of phenols is 1. The minimum atomic E-state index is 0.180. The summed E-state index contributed by atoms with van der Waals surface area (Å²) in [5, 5.41) is 14.2. The van der Waals surface area contributed by atoms with E-state index in [0.717, 1.165) is 36.8 Å². The molecule has 2 N–H and O–H groups in total. The number of rotatable bonds is 4. The van der Waals surface area contributed by atoms with Crippen LogP contribution < -0.4 is 10.1 Å². The van der Waals surface area contributed by atoms with E-state index < -0.39 is 0 Å². The van der Waals surface area contributed by atoms with Crippen LogP contribution in [0, 0.1) is 0 Å². The van der Waals surface area contributed by atoms with Crippen LogP contribution in [0.15, 0.2) is 42.5 Å². The topological polar surface area (TPSA) is 44.7 Å². The van der Waals surface area contributed by atoms with E-state index in [1.165, 1.54) is 5.56 Å². The Labute approximate surface area is 141 Å². The van der Waals surface area contributed by atoms with Crippen molar-refractivity contribution in [2.45, 2.75) is 12.6 Å². The first-order valence-electron chi connectivity index (χ1n) is 7.74. The van der Waals surface area contributed by atoms with E-state index in [-0.39, 0.29) is 11.8 Å². The molecule has 2 aromatic carbocycles. The minimum absolute atomic E-state index is 0.180. The molecular weight excluding hydrogens is 312 g/mol. The summed E-state index contributed by atoms with van der Waals surface area (Å²) in [6, 6.07) is 13.7. The molecule has 0 bridgehead atoms. The highest BCUT2D eigenvalue weighted by Gasteiger charge is 2.25. The molecule has 122 valence electrons. The average Bonchev–Trinajstić information content (AvgIpc) is 2.56. The maximum absolute atomic E-state index is 9.97. The number of phenolic OH excluding ortho intramolecular Hbond substituents is 1. The van der Waals surface area contributed by atoms with Crippen molar-refractivity contribution in [2.24, 2.45) is 0 Å². The third kappa shape index (κ3) is 3.61. The van der Waals surface area contributed by atoms with Crippen molar-refractivity contribution in [3.8, 4) is 11.5 Å². The van der Waals surface area contributed by atoms with Gasteiger partial charge in [-0.25, -0.2) is 0 Å². The molecule has 1 aliphatic heterocycles. The van der Waals surface area contributed by atoms with Crippen LogP contribution in [-0.4, -0.2) is 36.8 Å². The number of para-hydroxylation sites is 1. The van der Waals surface area contributed by atoms with E-state index in [1.54, 1.807) is 13.2 Å². The van der Waals surface area contributed by atoms with E-state index in [4.69, 9.17) is 16.3 Å². The van der Waals surface area contributed by atoms with E-state index in [2.05, 4.69) is 16.3 Å². The molecule has 1 aliphatic rings. The van der Waals surface area contributed by atoms with Gasteiger partial charge >= 0.3 is 0 Å². The number of benzene rings is 2. The molecule has 1 fully saturated rings. The molecule has 4 nitrogen and oxygen atoms in total. The molecule has 1 heterocycles. The molecule has 23 heavy (non-hydrogen) atoms. The number of nitrogens with zero attached hydrogens (tertiary/aromatic N) is 1. The van der Waals surface area contributed by atoms with Crippen LogP contribution in [0.2, 0.25) is 5.02 Å². The Morgan fingerprint density at radius 2 is 2.13 bits per heavy atom. The second kappa shape index (κ2) is 7.21. The predicted octanol–water partition coefficient (Wildman–Crippen LogP) is 3.20. The van der Waals surface area contributed by atoms with Gasteiger partial charge in [0.1, 0.15) is 0 Å². The first kappa shape index (κ1) is 16.1. The Hall–Kier alpha value is -1.75. The number of nitrogens with one attached hydrogen (secondary N) is 1. The van der Waals surface area contributed by atoms with Crippen LogP contribution in [0.25, 0.3) is 0 Å². The Balaban J connectivity index is 1.86. The third-order valence-electron chi connectivity index (χ3n) is 4.24. The highest BCUT2D eigenvalue weighted by molar-refractivity contribution is 6.30. The number of halogens is 1. The van der Waals surface area contributed by atoms with Gasteiger partial charge in [-0.1, -0.05) is 35.9 Å². The number of hydrogen-bond donors (Lipinski definition) is 2. The molecule has 1 saturated heterocycles. The summed E-state index contributed by atoms with van der Waals surface area (Å²) in [5.74, 6) is 0.732. The first-order chi connectivity index (χ1) is 11.2. The van der Waals surface area contributed by atoms with E-state index in [1.807, 2.05) is 30.3 Å². The van der Waals surface area contributed by atoms with E-state index >= 15 is 0 Å². The quantitative estimate of drug-likeness (QED) is 0.902. The zero-order valence-corrected chi connectivity index (χ0v) is 13.9. The van der Waals surface area contributed by atoms with Gasteiger partial charge in [0.25, 0.3) is 0 Å². The monoisotopic (exact) mass is 332 g/mol. The van der Waals surface area contributed by atoms with Gasteiger partial charge in [0.05, 0.1) is 7.11 Å². The molecule has 0 aliphatic carbocycles. The number of aromatic hydroxyl groups is 1. The smallest absolute Gasteiger partial charge is 0.164 e. The average molecular weight is 333 g/mol. The van der Waals surface area contributed by atoms with Crippen molar-refractivity contribution in [2.75, 3.05) is 26.7 Å². The van der Waals surface area contributed by atoms with Crippen LogP contribution in [0.1, 0.15) is 17.2 Å². The second-order valence-corrected chi connectivity index (χ2v) is 6.15. The van der Waals surface area contributed by atoms with Gasteiger partial charge in [-0.15, -0.1) is 0 Å². The van der Waals surface area contributed by atoms with Crippen LogP contribution in [0.4, 0.5) is 0 Å². The normalized spacial score (nSPS) is 18.8. The van der Waals surface area contributed by atoms with Gasteiger partial charge in [0.15, 0.2) is 11.5 Å². The van der Waals surface area contributed by atoms with E-state index in [0.29, 0.717) is 5.75 Å². The maximum Gasteiger partial charge on any atom is 0.164 e.